The van der Waals surface area contributed by atoms with Crippen molar-refractivity contribution in [2.24, 2.45) is 0 Å². The number of halogens is 1. The van der Waals surface area contributed by atoms with Gasteiger partial charge in [0.2, 0.25) is 0 Å². The SMILES string of the molecule is COc1ccc(OCC(=O)N2CCN(CCc3ccccn3)CC2)cc1.Cl. The Kier molecular flexibility index (Phi) is 8.36. The molecule has 3 rings (SSSR count). The van der Waals surface area contributed by atoms with E-state index >= 15 is 0 Å². The number of methoxy groups -OCH3 is 1. The van der Waals surface area contributed by atoms with Gasteiger partial charge in [0.25, 0.3) is 5.91 Å². The highest BCUT2D eigenvalue weighted by Gasteiger charge is 2.21. The van der Waals surface area contributed by atoms with Gasteiger partial charge in [0.05, 0.1) is 7.11 Å². The summed E-state index contributed by atoms with van der Waals surface area (Å²) in [7, 11) is 1.62. The number of rotatable bonds is 7. The minimum Gasteiger partial charge on any atom is -0.497 e. The van der Waals surface area contributed by atoms with E-state index in [4.69, 9.17) is 9.47 Å². The summed E-state index contributed by atoms with van der Waals surface area (Å²) in [5.74, 6) is 1.48. The van der Waals surface area contributed by atoms with Crippen molar-refractivity contribution < 1.29 is 14.3 Å². The van der Waals surface area contributed by atoms with Crippen LogP contribution < -0.4 is 9.47 Å². The standard InChI is InChI=1S/C20H25N3O3.ClH/c1-25-18-5-7-19(8-6-18)26-16-20(24)23-14-12-22(13-15-23)11-9-17-4-2-3-10-21-17;/h2-8,10H,9,11-16H2,1H3;1H. The van der Waals surface area contributed by atoms with Crippen molar-refractivity contribution in [1.82, 2.24) is 14.8 Å². The van der Waals surface area contributed by atoms with E-state index in [0.29, 0.717) is 5.75 Å². The lowest BCUT2D eigenvalue weighted by Crippen LogP contribution is -2.50. The molecule has 1 aliphatic rings. The first-order chi connectivity index (χ1) is 12.7. The first-order valence-corrected chi connectivity index (χ1v) is 8.91. The Hall–Kier alpha value is -2.31. The Labute approximate surface area is 166 Å². The van der Waals surface area contributed by atoms with Crippen LogP contribution in [0.1, 0.15) is 5.69 Å². The molecule has 0 bridgehead atoms. The van der Waals surface area contributed by atoms with Crippen LogP contribution in [0.2, 0.25) is 0 Å². The number of ether oxygens (including phenoxy) is 2. The van der Waals surface area contributed by atoms with Crippen molar-refractivity contribution in [3.63, 3.8) is 0 Å². The van der Waals surface area contributed by atoms with Crippen LogP contribution in [0.15, 0.2) is 48.7 Å². The molecule has 0 atom stereocenters. The maximum atomic E-state index is 12.3. The molecule has 1 amide bonds. The third-order valence-corrected chi connectivity index (χ3v) is 4.56. The predicted molar refractivity (Wildman–Crippen MR) is 107 cm³/mol. The Morgan fingerprint density at radius 1 is 1.04 bits per heavy atom. The van der Waals surface area contributed by atoms with Crippen molar-refractivity contribution in [3.05, 3.63) is 54.4 Å². The molecule has 1 aliphatic heterocycles. The smallest absolute Gasteiger partial charge is 0.260 e. The second-order valence-electron chi connectivity index (χ2n) is 6.26. The van der Waals surface area contributed by atoms with Crippen molar-refractivity contribution in [1.29, 1.82) is 0 Å². The van der Waals surface area contributed by atoms with Crippen molar-refractivity contribution >= 4 is 18.3 Å². The van der Waals surface area contributed by atoms with Gasteiger partial charge in [-0.05, 0) is 36.4 Å². The molecule has 1 aromatic carbocycles. The maximum absolute atomic E-state index is 12.3. The summed E-state index contributed by atoms with van der Waals surface area (Å²) in [6.45, 7) is 4.31. The average molecular weight is 392 g/mol. The van der Waals surface area contributed by atoms with Crippen LogP contribution in [-0.2, 0) is 11.2 Å². The number of aromatic nitrogens is 1. The summed E-state index contributed by atoms with van der Waals surface area (Å²) >= 11 is 0. The molecular formula is C20H26ClN3O3. The number of piperazine rings is 1. The van der Waals surface area contributed by atoms with E-state index in [0.717, 1.165) is 50.6 Å². The first-order valence-electron chi connectivity index (χ1n) is 8.91. The molecule has 1 saturated heterocycles. The van der Waals surface area contributed by atoms with Crippen LogP contribution in [0.5, 0.6) is 11.5 Å². The van der Waals surface area contributed by atoms with Crippen LogP contribution in [0, 0.1) is 0 Å². The van der Waals surface area contributed by atoms with Crippen LogP contribution in [0.25, 0.3) is 0 Å². The van der Waals surface area contributed by atoms with Crippen LogP contribution in [0.4, 0.5) is 0 Å². The van der Waals surface area contributed by atoms with E-state index in [1.54, 1.807) is 7.11 Å². The molecule has 1 aromatic heterocycles. The maximum Gasteiger partial charge on any atom is 0.260 e. The first kappa shape index (κ1) is 21.0. The third-order valence-electron chi connectivity index (χ3n) is 4.56. The van der Waals surface area contributed by atoms with Gasteiger partial charge in [-0.2, -0.15) is 0 Å². The summed E-state index contributed by atoms with van der Waals surface area (Å²) in [6, 6.07) is 13.3. The van der Waals surface area contributed by atoms with E-state index in [-0.39, 0.29) is 24.9 Å². The topological polar surface area (TPSA) is 54.9 Å². The van der Waals surface area contributed by atoms with Crippen molar-refractivity contribution in [2.75, 3.05) is 46.4 Å². The van der Waals surface area contributed by atoms with Gasteiger partial charge < -0.3 is 14.4 Å². The number of carbonyl (C=O) groups excluding carboxylic acids is 1. The molecular weight excluding hydrogens is 366 g/mol. The van der Waals surface area contributed by atoms with Gasteiger partial charge in [-0.15, -0.1) is 12.4 Å². The highest BCUT2D eigenvalue weighted by molar-refractivity contribution is 5.85. The summed E-state index contributed by atoms with van der Waals surface area (Å²) in [6.07, 6.45) is 2.77. The fourth-order valence-electron chi connectivity index (χ4n) is 2.95. The predicted octanol–water partition coefficient (Wildman–Crippen LogP) is 2.28. The monoisotopic (exact) mass is 391 g/mol. The molecule has 0 unspecified atom stereocenters. The molecule has 0 radical (unpaired) electrons. The van der Waals surface area contributed by atoms with Gasteiger partial charge in [-0.25, -0.2) is 0 Å². The third kappa shape index (κ3) is 6.41. The Morgan fingerprint density at radius 2 is 1.74 bits per heavy atom. The summed E-state index contributed by atoms with van der Waals surface area (Å²) in [5, 5.41) is 0. The number of hydrogen-bond acceptors (Lipinski definition) is 5. The highest BCUT2D eigenvalue weighted by Crippen LogP contribution is 2.17. The zero-order valence-corrected chi connectivity index (χ0v) is 16.4. The lowest BCUT2D eigenvalue weighted by atomic mass is 10.2. The Balaban J connectivity index is 0.00000261. The lowest BCUT2D eigenvalue weighted by molar-refractivity contribution is -0.135. The second-order valence-corrected chi connectivity index (χ2v) is 6.26. The van der Waals surface area contributed by atoms with E-state index in [9.17, 15) is 4.79 Å². The van der Waals surface area contributed by atoms with Gasteiger partial charge in [0.15, 0.2) is 6.61 Å². The molecule has 0 saturated carbocycles. The summed E-state index contributed by atoms with van der Waals surface area (Å²) in [4.78, 5) is 20.9. The number of hydrogen-bond donors (Lipinski definition) is 0. The molecule has 6 nitrogen and oxygen atoms in total. The van der Waals surface area contributed by atoms with Gasteiger partial charge in [-0.1, -0.05) is 6.07 Å². The van der Waals surface area contributed by atoms with E-state index in [1.165, 1.54) is 0 Å². The number of carbonyl (C=O) groups is 1. The fraction of sp³-hybridized carbons (Fsp3) is 0.400. The minimum absolute atomic E-state index is 0. The number of pyridine rings is 1. The molecule has 0 spiro atoms. The summed E-state index contributed by atoms with van der Waals surface area (Å²) < 4.78 is 10.7. The van der Waals surface area contributed by atoms with E-state index < -0.39 is 0 Å². The summed E-state index contributed by atoms with van der Waals surface area (Å²) in [5.41, 5.74) is 1.11. The van der Waals surface area contributed by atoms with Gasteiger partial charge in [0.1, 0.15) is 11.5 Å². The molecule has 2 heterocycles. The second kappa shape index (κ2) is 10.7. The number of nitrogens with zero attached hydrogens (tertiary/aromatic N) is 3. The normalized spacial score (nSPS) is 14.3. The Bertz CT molecular complexity index is 689. The number of benzene rings is 1. The van der Waals surface area contributed by atoms with E-state index in [1.807, 2.05) is 47.5 Å². The van der Waals surface area contributed by atoms with Crippen molar-refractivity contribution in [2.45, 2.75) is 6.42 Å². The van der Waals surface area contributed by atoms with Gasteiger partial charge in [-0.3, -0.25) is 14.7 Å². The van der Waals surface area contributed by atoms with Crippen LogP contribution in [0.3, 0.4) is 0 Å². The molecule has 146 valence electrons. The zero-order chi connectivity index (χ0) is 18.2. The molecule has 7 heteroatoms. The molecule has 27 heavy (non-hydrogen) atoms. The molecule has 0 N–H and O–H groups in total. The molecule has 2 aromatic rings. The largest absolute Gasteiger partial charge is 0.497 e. The van der Waals surface area contributed by atoms with Crippen LogP contribution >= 0.6 is 12.4 Å². The fourth-order valence-corrected chi connectivity index (χ4v) is 2.95. The molecule has 0 aliphatic carbocycles. The minimum atomic E-state index is 0. The zero-order valence-electron chi connectivity index (χ0n) is 15.5. The molecule has 1 fully saturated rings. The number of amides is 1. The lowest BCUT2D eigenvalue weighted by Gasteiger charge is -2.34. The highest BCUT2D eigenvalue weighted by atomic mass is 35.5. The van der Waals surface area contributed by atoms with Crippen LogP contribution in [-0.4, -0.2) is 67.1 Å². The Morgan fingerprint density at radius 3 is 2.37 bits per heavy atom. The van der Waals surface area contributed by atoms with Gasteiger partial charge >= 0.3 is 0 Å². The van der Waals surface area contributed by atoms with E-state index in [2.05, 4.69) is 16.0 Å². The quantitative estimate of drug-likeness (QED) is 0.724. The average Bonchev–Trinajstić information content (AvgIpc) is 2.72. The van der Waals surface area contributed by atoms with Gasteiger partial charge in [0, 0.05) is 51.0 Å². The van der Waals surface area contributed by atoms with Crippen molar-refractivity contribution in [3.8, 4) is 11.5 Å².